The first-order valence-corrected chi connectivity index (χ1v) is 9.94. The van der Waals surface area contributed by atoms with Crippen LogP contribution in [-0.2, 0) is 9.59 Å². The van der Waals surface area contributed by atoms with E-state index in [-0.39, 0.29) is 42.7 Å². The van der Waals surface area contributed by atoms with Gasteiger partial charge in [0.15, 0.2) is 0 Å². The number of hydrogen-bond donors (Lipinski definition) is 2. The van der Waals surface area contributed by atoms with Crippen LogP contribution in [0.5, 0.6) is 5.75 Å². The normalized spacial score (nSPS) is 12.0. The van der Waals surface area contributed by atoms with Crippen molar-refractivity contribution in [1.29, 1.82) is 0 Å². The van der Waals surface area contributed by atoms with Gasteiger partial charge in [0.1, 0.15) is 11.6 Å². The number of nitrogens with one attached hydrogen (secondary N) is 2. The molecular weight excluding hydrogens is 409 g/mol. The first-order chi connectivity index (χ1) is 14.2. The standard InChI is InChI=1S/C22H27ClFN3O3/c1-14(2)22(15-5-8-17(24)9-6-15)26-21(29)13-27(3)12-20(28)25-18-11-16(23)7-10-19(18)30-4/h5-11,14,22H,12-13H2,1-4H3,(H,25,28)(H,26,29). The second-order valence-corrected chi connectivity index (χ2v) is 7.84. The molecule has 0 saturated carbocycles. The Labute approximate surface area is 181 Å². The van der Waals surface area contributed by atoms with E-state index in [1.807, 2.05) is 13.8 Å². The number of amides is 2. The summed E-state index contributed by atoms with van der Waals surface area (Å²) in [4.78, 5) is 26.4. The van der Waals surface area contributed by atoms with Gasteiger partial charge in [-0.05, 0) is 48.9 Å². The molecule has 0 heterocycles. The molecule has 0 radical (unpaired) electrons. The summed E-state index contributed by atoms with van der Waals surface area (Å²) in [7, 11) is 3.18. The number of hydrogen-bond acceptors (Lipinski definition) is 4. The zero-order valence-electron chi connectivity index (χ0n) is 17.5. The number of carbonyl (C=O) groups excluding carboxylic acids is 2. The number of likely N-dealkylation sites (N-methyl/N-ethyl adjacent to an activating group) is 1. The molecule has 0 aliphatic carbocycles. The highest BCUT2D eigenvalue weighted by atomic mass is 35.5. The lowest BCUT2D eigenvalue weighted by atomic mass is 9.96. The molecule has 0 aromatic heterocycles. The minimum absolute atomic E-state index is 0.00593. The number of nitrogens with zero attached hydrogens (tertiary/aromatic N) is 1. The minimum Gasteiger partial charge on any atom is -0.495 e. The smallest absolute Gasteiger partial charge is 0.238 e. The largest absolute Gasteiger partial charge is 0.495 e. The lowest BCUT2D eigenvalue weighted by molar-refractivity contribution is -0.123. The van der Waals surface area contributed by atoms with E-state index in [2.05, 4.69) is 10.6 Å². The molecule has 2 rings (SSSR count). The maximum atomic E-state index is 13.2. The molecule has 162 valence electrons. The molecular formula is C22H27ClFN3O3. The van der Waals surface area contributed by atoms with Crippen molar-refractivity contribution in [3.63, 3.8) is 0 Å². The van der Waals surface area contributed by atoms with Gasteiger partial charge in [0.05, 0.1) is 31.9 Å². The lowest BCUT2D eigenvalue weighted by Gasteiger charge is -2.24. The molecule has 0 fully saturated rings. The number of ether oxygens (including phenoxy) is 1. The number of benzene rings is 2. The summed E-state index contributed by atoms with van der Waals surface area (Å²) in [6, 6.07) is 10.7. The van der Waals surface area contributed by atoms with Gasteiger partial charge in [-0.3, -0.25) is 14.5 Å². The predicted octanol–water partition coefficient (Wildman–Crippen LogP) is 3.87. The highest BCUT2D eigenvalue weighted by molar-refractivity contribution is 6.31. The number of rotatable bonds is 9. The van der Waals surface area contributed by atoms with Crippen LogP contribution in [0.3, 0.4) is 0 Å². The summed E-state index contributed by atoms with van der Waals surface area (Å²) < 4.78 is 18.4. The van der Waals surface area contributed by atoms with Crippen LogP contribution < -0.4 is 15.4 Å². The van der Waals surface area contributed by atoms with Crippen molar-refractivity contribution < 1.29 is 18.7 Å². The van der Waals surface area contributed by atoms with Crippen molar-refractivity contribution in [2.24, 2.45) is 5.92 Å². The first-order valence-electron chi connectivity index (χ1n) is 9.56. The van der Waals surface area contributed by atoms with Crippen molar-refractivity contribution >= 4 is 29.1 Å². The molecule has 0 aliphatic heterocycles. The zero-order valence-corrected chi connectivity index (χ0v) is 18.3. The van der Waals surface area contributed by atoms with E-state index in [0.717, 1.165) is 5.56 Å². The van der Waals surface area contributed by atoms with Crippen LogP contribution in [0, 0.1) is 11.7 Å². The van der Waals surface area contributed by atoms with Gasteiger partial charge in [0.25, 0.3) is 0 Å². The topological polar surface area (TPSA) is 70.7 Å². The summed E-state index contributed by atoms with van der Waals surface area (Å²) in [5, 5.41) is 6.17. The highest BCUT2D eigenvalue weighted by Crippen LogP contribution is 2.27. The second-order valence-electron chi connectivity index (χ2n) is 7.41. The fraction of sp³-hybridized carbons (Fsp3) is 0.364. The average Bonchev–Trinajstić information content (AvgIpc) is 2.66. The van der Waals surface area contributed by atoms with Crippen molar-refractivity contribution in [2.45, 2.75) is 19.9 Å². The Morgan fingerprint density at radius 2 is 1.73 bits per heavy atom. The molecule has 2 N–H and O–H groups in total. The van der Waals surface area contributed by atoms with E-state index in [0.29, 0.717) is 16.5 Å². The Morgan fingerprint density at radius 3 is 2.33 bits per heavy atom. The highest BCUT2D eigenvalue weighted by Gasteiger charge is 2.20. The van der Waals surface area contributed by atoms with Gasteiger partial charge in [0.2, 0.25) is 11.8 Å². The van der Waals surface area contributed by atoms with Crippen LogP contribution in [0.2, 0.25) is 5.02 Å². The van der Waals surface area contributed by atoms with Crippen molar-refractivity contribution in [3.05, 3.63) is 58.9 Å². The van der Waals surface area contributed by atoms with Gasteiger partial charge in [-0.15, -0.1) is 0 Å². The van der Waals surface area contributed by atoms with Gasteiger partial charge in [0, 0.05) is 5.02 Å². The molecule has 2 aromatic carbocycles. The van der Waals surface area contributed by atoms with Crippen molar-refractivity contribution in [2.75, 3.05) is 32.6 Å². The van der Waals surface area contributed by atoms with Crippen LogP contribution in [-0.4, -0.2) is 44.0 Å². The summed E-state index contributed by atoms with van der Waals surface area (Å²) in [5.74, 6) is -0.247. The molecule has 0 bridgehead atoms. The number of carbonyl (C=O) groups is 2. The first kappa shape index (κ1) is 23.6. The van der Waals surface area contributed by atoms with Gasteiger partial charge in [-0.2, -0.15) is 0 Å². The molecule has 0 saturated heterocycles. The summed E-state index contributed by atoms with van der Waals surface area (Å²) >= 11 is 5.97. The number of anilines is 1. The second kappa shape index (κ2) is 10.9. The quantitative estimate of drug-likeness (QED) is 0.627. The fourth-order valence-corrected chi connectivity index (χ4v) is 3.21. The molecule has 0 spiro atoms. The van der Waals surface area contributed by atoms with Gasteiger partial charge in [-0.25, -0.2) is 4.39 Å². The number of methoxy groups -OCH3 is 1. The Kier molecular flexibility index (Phi) is 8.62. The lowest BCUT2D eigenvalue weighted by Crippen LogP contribution is -2.41. The Balaban J connectivity index is 1.92. The van der Waals surface area contributed by atoms with Crippen molar-refractivity contribution in [1.82, 2.24) is 10.2 Å². The van der Waals surface area contributed by atoms with Gasteiger partial charge >= 0.3 is 0 Å². The maximum Gasteiger partial charge on any atom is 0.238 e. The Hall–Kier alpha value is -2.64. The van der Waals surface area contributed by atoms with Crippen molar-refractivity contribution in [3.8, 4) is 5.75 Å². The summed E-state index contributed by atoms with van der Waals surface area (Å²) in [6.07, 6.45) is 0. The molecule has 30 heavy (non-hydrogen) atoms. The van der Waals surface area contributed by atoms with E-state index in [1.54, 1.807) is 42.3 Å². The molecule has 2 aromatic rings. The van der Waals surface area contributed by atoms with E-state index in [1.165, 1.54) is 19.2 Å². The molecule has 1 atom stereocenters. The summed E-state index contributed by atoms with van der Waals surface area (Å²) in [5.41, 5.74) is 1.29. The molecule has 0 aliphatic rings. The van der Waals surface area contributed by atoms with Gasteiger partial charge < -0.3 is 15.4 Å². The Morgan fingerprint density at radius 1 is 1.10 bits per heavy atom. The molecule has 6 nitrogen and oxygen atoms in total. The third-order valence-corrected chi connectivity index (χ3v) is 4.71. The maximum absolute atomic E-state index is 13.2. The summed E-state index contributed by atoms with van der Waals surface area (Å²) in [6.45, 7) is 3.99. The van der Waals surface area contributed by atoms with E-state index in [9.17, 15) is 14.0 Å². The molecule has 1 unspecified atom stereocenters. The minimum atomic E-state index is -0.324. The third kappa shape index (κ3) is 7.00. The Bertz CT molecular complexity index is 874. The fourth-order valence-electron chi connectivity index (χ4n) is 3.04. The van der Waals surface area contributed by atoms with Crippen LogP contribution in [0.1, 0.15) is 25.5 Å². The van der Waals surface area contributed by atoms with Crippen LogP contribution in [0.25, 0.3) is 0 Å². The SMILES string of the molecule is COc1ccc(Cl)cc1NC(=O)CN(C)CC(=O)NC(c1ccc(F)cc1)C(C)C. The van der Waals surface area contributed by atoms with Gasteiger partial charge in [-0.1, -0.05) is 37.6 Å². The zero-order chi connectivity index (χ0) is 22.3. The van der Waals surface area contributed by atoms with E-state index < -0.39 is 0 Å². The average molecular weight is 436 g/mol. The third-order valence-electron chi connectivity index (χ3n) is 4.47. The van der Waals surface area contributed by atoms with Crippen LogP contribution in [0.4, 0.5) is 10.1 Å². The van der Waals surface area contributed by atoms with E-state index in [4.69, 9.17) is 16.3 Å². The predicted molar refractivity (Wildman–Crippen MR) is 116 cm³/mol. The van der Waals surface area contributed by atoms with Crippen LogP contribution >= 0.6 is 11.6 Å². The van der Waals surface area contributed by atoms with E-state index >= 15 is 0 Å². The number of halogens is 2. The monoisotopic (exact) mass is 435 g/mol. The molecule has 8 heteroatoms. The molecule has 2 amide bonds. The van der Waals surface area contributed by atoms with Crippen LogP contribution in [0.15, 0.2) is 42.5 Å².